The van der Waals surface area contributed by atoms with Gasteiger partial charge in [0.15, 0.2) is 0 Å². The fraction of sp³-hybridized carbons (Fsp3) is 0.579. The first-order chi connectivity index (χ1) is 11.7. The van der Waals surface area contributed by atoms with Crippen molar-refractivity contribution in [2.24, 2.45) is 0 Å². The van der Waals surface area contributed by atoms with E-state index < -0.39 is 17.7 Å². The van der Waals surface area contributed by atoms with E-state index in [-0.39, 0.29) is 18.6 Å². The van der Waals surface area contributed by atoms with Crippen LogP contribution in [0.4, 0.5) is 4.79 Å². The average molecular weight is 348 g/mol. The van der Waals surface area contributed by atoms with Crippen LogP contribution in [0, 0.1) is 0 Å². The summed E-state index contributed by atoms with van der Waals surface area (Å²) in [6.45, 7) is 8.90. The highest BCUT2D eigenvalue weighted by atomic mass is 16.6. The minimum atomic E-state index is -0.567. The van der Waals surface area contributed by atoms with Crippen LogP contribution in [-0.2, 0) is 20.8 Å². The summed E-state index contributed by atoms with van der Waals surface area (Å²) in [6, 6.07) is 9.47. The van der Waals surface area contributed by atoms with Gasteiger partial charge in [-0.15, -0.1) is 0 Å². The second-order valence-electron chi connectivity index (χ2n) is 7.43. The molecule has 1 aromatic carbocycles. The summed E-state index contributed by atoms with van der Waals surface area (Å²) in [4.78, 5) is 28.4. The second kappa shape index (κ2) is 7.87. The Morgan fingerprint density at radius 2 is 1.80 bits per heavy atom. The number of piperazine rings is 1. The van der Waals surface area contributed by atoms with Crippen molar-refractivity contribution in [3.63, 3.8) is 0 Å². The molecule has 6 nitrogen and oxygen atoms in total. The number of methoxy groups -OCH3 is 1. The third-order valence-corrected chi connectivity index (χ3v) is 4.18. The lowest BCUT2D eigenvalue weighted by Crippen LogP contribution is -2.61. The summed E-state index contributed by atoms with van der Waals surface area (Å²) >= 11 is 0. The van der Waals surface area contributed by atoms with E-state index in [2.05, 4.69) is 4.90 Å². The van der Waals surface area contributed by atoms with Gasteiger partial charge in [-0.25, -0.2) is 4.79 Å². The quantitative estimate of drug-likeness (QED) is 0.786. The highest BCUT2D eigenvalue weighted by molar-refractivity contribution is 5.78. The molecule has 1 heterocycles. The first kappa shape index (κ1) is 19.2. The van der Waals surface area contributed by atoms with E-state index in [0.29, 0.717) is 13.1 Å². The summed E-state index contributed by atoms with van der Waals surface area (Å²) in [7, 11) is 1.38. The average Bonchev–Trinajstić information content (AvgIpc) is 2.55. The molecular weight excluding hydrogens is 320 g/mol. The van der Waals surface area contributed by atoms with E-state index in [1.54, 1.807) is 4.90 Å². The van der Waals surface area contributed by atoms with Crippen molar-refractivity contribution in [1.82, 2.24) is 9.80 Å². The summed E-state index contributed by atoms with van der Waals surface area (Å²) in [5.41, 5.74) is 0.552. The third kappa shape index (κ3) is 5.19. The van der Waals surface area contributed by atoms with Crippen LogP contribution in [0.25, 0.3) is 0 Å². The fourth-order valence-electron chi connectivity index (χ4n) is 3.00. The number of benzene rings is 1. The molecule has 0 aromatic heterocycles. The highest BCUT2D eigenvalue weighted by Crippen LogP contribution is 2.22. The number of hydrogen-bond donors (Lipinski definition) is 0. The molecular formula is C19H28N2O4. The number of nitrogens with zero attached hydrogens (tertiary/aromatic N) is 2. The molecule has 2 atom stereocenters. The van der Waals surface area contributed by atoms with Gasteiger partial charge in [-0.1, -0.05) is 30.3 Å². The Hall–Kier alpha value is -2.08. The van der Waals surface area contributed by atoms with Gasteiger partial charge in [-0.3, -0.25) is 9.69 Å². The predicted octanol–water partition coefficient (Wildman–Crippen LogP) is 2.67. The van der Waals surface area contributed by atoms with Gasteiger partial charge in [-0.2, -0.15) is 0 Å². The molecule has 0 saturated carbocycles. The smallest absolute Gasteiger partial charge is 0.410 e. The number of hydrogen-bond acceptors (Lipinski definition) is 5. The van der Waals surface area contributed by atoms with E-state index >= 15 is 0 Å². The van der Waals surface area contributed by atoms with Crippen LogP contribution in [0.2, 0.25) is 0 Å². The van der Waals surface area contributed by atoms with Gasteiger partial charge in [0, 0.05) is 19.1 Å². The number of esters is 1. The summed E-state index contributed by atoms with van der Waals surface area (Å²) in [6.07, 6.45) is -0.396. The number of ether oxygens (including phenoxy) is 2. The molecule has 0 radical (unpaired) electrons. The second-order valence-corrected chi connectivity index (χ2v) is 7.43. The predicted molar refractivity (Wildman–Crippen MR) is 95.1 cm³/mol. The lowest BCUT2D eigenvalue weighted by Gasteiger charge is -2.44. The standard InChI is InChI=1S/C19H28N2O4/c1-14-11-20(18(23)25-19(2,3)4)13-16(17(22)24-5)21(14)12-15-9-7-6-8-10-15/h6-10,14,16H,11-13H2,1-5H3. The van der Waals surface area contributed by atoms with Crippen molar-refractivity contribution in [3.05, 3.63) is 35.9 Å². The van der Waals surface area contributed by atoms with E-state index in [4.69, 9.17) is 9.47 Å². The highest BCUT2D eigenvalue weighted by Gasteiger charge is 2.40. The van der Waals surface area contributed by atoms with Crippen LogP contribution in [-0.4, -0.2) is 59.7 Å². The Bertz CT molecular complexity index is 597. The fourth-order valence-corrected chi connectivity index (χ4v) is 3.00. The Kier molecular flexibility index (Phi) is 6.06. The first-order valence-electron chi connectivity index (χ1n) is 8.56. The van der Waals surface area contributed by atoms with Crippen molar-refractivity contribution in [2.45, 2.75) is 51.9 Å². The molecule has 1 aliphatic rings. The molecule has 1 aliphatic heterocycles. The van der Waals surface area contributed by atoms with Gasteiger partial charge >= 0.3 is 12.1 Å². The van der Waals surface area contributed by atoms with Gasteiger partial charge in [-0.05, 0) is 33.3 Å². The van der Waals surface area contributed by atoms with Crippen molar-refractivity contribution >= 4 is 12.1 Å². The SMILES string of the molecule is COC(=O)C1CN(C(=O)OC(C)(C)C)CC(C)N1Cc1ccccc1. The maximum atomic E-state index is 12.4. The molecule has 2 rings (SSSR count). The van der Waals surface area contributed by atoms with E-state index in [0.717, 1.165) is 5.56 Å². The van der Waals surface area contributed by atoms with Gasteiger partial charge in [0.25, 0.3) is 0 Å². The van der Waals surface area contributed by atoms with Crippen molar-refractivity contribution in [2.75, 3.05) is 20.2 Å². The number of carbonyl (C=O) groups is 2. The molecule has 1 saturated heterocycles. The summed E-state index contributed by atoms with van der Waals surface area (Å²) in [5, 5.41) is 0. The monoisotopic (exact) mass is 348 g/mol. The van der Waals surface area contributed by atoms with Crippen LogP contribution in [0.15, 0.2) is 30.3 Å². The summed E-state index contributed by atoms with van der Waals surface area (Å²) < 4.78 is 10.4. The third-order valence-electron chi connectivity index (χ3n) is 4.18. The Morgan fingerprint density at radius 3 is 2.36 bits per heavy atom. The molecule has 0 spiro atoms. The van der Waals surface area contributed by atoms with Gasteiger partial charge in [0.05, 0.1) is 13.7 Å². The Balaban J connectivity index is 2.16. The normalized spacial score (nSPS) is 21.7. The molecule has 25 heavy (non-hydrogen) atoms. The summed E-state index contributed by atoms with van der Waals surface area (Å²) in [5.74, 6) is -0.337. The van der Waals surface area contributed by atoms with Gasteiger partial charge in [0.2, 0.25) is 0 Å². The zero-order valence-electron chi connectivity index (χ0n) is 15.7. The van der Waals surface area contributed by atoms with Crippen LogP contribution < -0.4 is 0 Å². The Morgan fingerprint density at radius 1 is 1.16 bits per heavy atom. The van der Waals surface area contributed by atoms with Crippen molar-refractivity contribution in [3.8, 4) is 0 Å². The largest absolute Gasteiger partial charge is 0.468 e. The Labute approximate surface area is 149 Å². The lowest BCUT2D eigenvalue weighted by molar-refractivity contribution is -0.151. The molecule has 1 amide bonds. The minimum Gasteiger partial charge on any atom is -0.468 e. The number of amides is 1. The van der Waals surface area contributed by atoms with Gasteiger partial charge in [0.1, 0.15) is 11.6 Å². The zero-order valence-corrected chi connectivity index (χ0v) is 15.7. The van der Waals surface area contributed by atoms with Crippen LogP contribution in [0.5, 0.6) is 0 Å². The van der Waals surface area contributed by atoms with E-state index in [1.807, 2.05) is 58.0 Å². The molecule has 1 aromatic rings. The molecule has 138 valence electrons. The van der Waals surface area contributed by atoms with Crippen LogP contribution in [0.1, 0.15) is 33.3 Å². The van der Waals surface area contributed by atoms with E-state index in [1.165, 1.54) is 7.11 Å². The molecule has 0 aliphatic carbocycles. The van der Waals surface area contributed by atoms with Crippen LogP contribution in [0.3, 0.4) is 0 Å². The topological polar surface area (TPSA) is 59.1 Å². The van der Waals surface area contributed by atoms with Crippen LogP contribution >= 0.6 is 0 Å². The zero-order chi connectivity index (χ0) is 18.6. The number of rotatable bonds is 3. The number of carbonyl (C=O) groups excluding carboxylic acids is 2. The molecule has 0 N–H and O–H groups in total. The molecule has 1 fully saturated rings. The minimum absolute atomic E-state index is 0.00516. The van der Waals surface area contributed by atoms with Crippen molar-refractivity contribution in [1.29, 1.82) is 0 Å². The van der Waals surface area contributed by atoms with Crippen molar-refractivity contribution < 1.29 is 19.1 Å². The molecule has 2 unspecified atom stereocenters. The maximum absolute atomic E-state index is 12.4. The van der Waals surface area contributed by atoms with Gasteiger partial charge < -0.3 is 14.4 Å². The molecule has 6 heteroatoms. The molecule has 0 bridgehead atoms. The first-order valence-corrected chi connectivity index (χ1v) is 8.56. The maximum Gasteiger partial charge on any atom is 0.410 e. The van der Waals surface area contributed by atoms with E-state index in [9.17, 15) is 9.59 Å². The lowest BCUT2D eigenvalue weighted by atomic mass is 10.1.